The molecular weight excluding hydrogens is 398 g/mol. The maximum Gasteiger partial charge on any atom is 0.339 e. The van der Waals surface area contributed by atoms with Gasteiger partial charge in [0.15, 0.2) is 6.61 Å². The van der Waals surface area contributed by atoms with E-state index in [9.17, 15) is 9.59 Å². The third kappa shape index (κ3) is 5.20. The van der Waals surface area contributed by atoms with Gasteiger partial charge in [0.1, 0.15) is 0 Å². The number of anilines is 1. The van der Waals surface area contributed by atoms with Crippen LogP contribution in [0.3, 0.4) is 0 Å². The van der Waals surface area contributed by atoms with E-state index in [1.165, 1.54) is 0 Å². The number of thioether (sulfide) groups is 1. The fraction of sp³-hybridized carbons (Fsp3) is 0.250. The van der Waals surface area contributed by atoms with Gasteiger partial charge in [-0.15, -0.1) is 11.8 Å². The Bertz CT molecular complexity index is 1050. The highest BCUT2D eigenvalue weighted by Gasteiger charge is 2.19. The van der Waals surface area contributed by atoms with E-state index >= 15 is 0 Å². The third-order valence-electron chi connectivity index (χ3n) is 4.92. The van der Waals surface area contributed by atoms with E-state index in [0.717, 1.165) is 40.9 Å². The Labute approximate surface area is 179 Å². The molecule has 1 aliphatic heterocycles. The van der Waals surface area contributed by atoms with Crippen molar-refractivity contribution in [1.29, 1.82) is 0 Å². The lowest BCUT2D eigenvalue weighted by molar-refractivity contribution is -0.119. The van der Waals surface area contributed by atoms with E-state index in [0.29, 0.717) is 11.3 Å². The molecule has 1 N–H and O–H groups in total. The fourth-order valence-electron chi connectivity index (χ4n) is 3.39. The molecule has 1 atom stereocenters. The first-order chi connectivity index (χ1) is 14.7. The molecule has 0 unspecified atom stereocenters. The van der Waals surface area contributed by atoms with Crippen molar-refractivity contribution in [3.8, 4) is 0 Å². The molecule has 0 radical (unpaired) electrons. The summed E-state index contributed by atoms with van der Waals surface area (Å²) in [7, 11) is 0. The minimum atomic E-state index is -0.501. The zero-order chi connectivity index (χ0) is 20.8. The lowest BCUT2D eigenvalue weighted by atomic mass is 10.1. The smallest absolute Gasteiger partial charge is 0.339 e. The first-order valence-corrected chi connectivity index (χ1v) is 11.0. The predicted octanol–water partition coefficient (Wildman–Crippen LogP) is 4.91. The molecule has 30 heavy (non-hydrogen) atoms. The average Bonchev–Trinajstić information content (AvgIpc) is 3.30. The number of carbonyl (C=O) groups excluding carboxylic acids is 2. The van der Waals surface area contributed by atoms with E-state index in [1.807, 2.05) is 54.6 Å². The van der Waals surface area contributed by atoms with Crippen LogP contribution >= 0.6 is 11.8 Å². The molecule has 3 aromatic rings. The first-order valence-electron chi connectivity index (χ1n) is 9.98. The van der Waals surface area contributed by atoms with Crippen molar-refractivity contribution < 1.29 is 19.1 Å². The van der Waals surface area contributed by atoms with Crippen LogP contribution in [0.1, 0.15) is 23.2 Å². The normalized spacial score (nSPS) is 15.8. The second-order valence-corrected chi connectivity index (χ2v) is 8.19. The molecule has 154 valence electrons. The number of esters is 1. The van der Waals surface area contributed by atoms with E-state index < -0.39 is 5.97 Å². The number of ether oxygens (including phenoxy) is 2. The van der Waals surface area contributed by atoms with Gasteiger partial charge in [-0.25, -0.2) is 4.79 Å². The monoisotopic (exact) mass is 421 g/mol. The lowest BCUT2D eigenvalue weighted by Crippen LogP contribution is -2.21. The Balaban J connectivity index is 1.32. The van der Waals surface area contributed by atoms with Crippen molar-refractivity contribution in [2.24, 2.45) is 0 Å². The molecule has 1 aliphatic rings. The van der Waals surface area contributed by atoms with Gasteiger partial charge < -0.3 is 14.8 Å². The number of rotatable bonds is 7. The molecule has 4 rings (SSSR count). The van der Waals surface area contributed by atoms with E-state index in [2.05, 4.69) is 5.32 Å². The summed E-state index contributed by atoms with van der Waals surface area (Å²) in [5.41, 5.74) is 1.14. The van der Waals surface area contributed by atoms with Crippen molar-refractivity contribution in [2.75, 3.05) is 24.3 Å². The Morgan fingerprint density at radius 3 is 2.67 bits per heavy atom. The minimum absolute atomic E-state index is 0.229. The third-order valence-corrected chi connectivity index (χ3v) is 6.13. The summed E-state index contributed by atoms with van der Waals surface area (Å²) >= 11 is 1.58. The summed E-state index contributed by atoms with van der Waals surface area (Å²) in [4.78, 5) is 25.6. The molecule has 1 saturated heterocycles. The number of fused-ring (bicyclic) bond motifs is 1. The van der Waals surface area contributed by atoms with Crippen molar-refractivity contribution >= 4 is 40.1 Å². The van der Waals surface area contributed by atoms with Gasteiger partial charge in [-0.1, -0.05) is 42.5 Å². The summed E-state index contributed by atoms with van der Waals surface area (Å²) in [6.45, 7) is 0.470. The standard InChI is InChI=1S/C24H23NO4S/c26-23(25-19-12-11-17-6-1-2-7-18(17)14-19)15-29-24(27)21-9-3-4-10-22(21)30-16-20-8-5-13-28-20/h1-4,6-7,9-12,14,20H,5,8,13,15-16H2,(H,25,26)/t20-/m1/s1. The van der Waals surface area contributed by atoms with Crippen LogP contribution in [0, 0.1) is 0 Å². The molecule has 0 spiro atoms. The number of nitrogens with one attached hydrogen (secondary N) is 1. The van der Waals surface area contributed by atoms with E-state index in [1.54, 1.807) is 23.9 Å². The SMILES string of the molecule is O=C(COC(=O)c1ccccc1SC[C@H]1CCCO1)Nc1ccc2ccccc2c1. The summed E-state index contributed by atoms with van der Waals surface area (Å²) in [5.74, 6) is -0.0746. The van der Waals surface area contributed by atoms with E-state index in [-0.39, 0.29) is 18.6 Å². The Morgan fingerprint density at radius 2 is 1.83 bits per heavy atom. The van der Waals surface area contributed by atoms with E-state index in [4.69, 9.17) is 9.47 Å². The van der Waals surface area contributed by atoms with Crippen LogP contribution in [-0.4, -0.2) is 36.9 Å². The number of carbonyl (C=O) groups is 2. The highest BCUT2D eigenvalue weighted by Crippen LogP contribution is 2.27. The Kier molecular flexibility index (Phi) is 6.67. The molecule has 0 aromatic heterocycles. The topological polar surface area (TPSA) is 64.6 Å². The van der Waals surface area contributed by atoms with Gasteiger partial charge in [0.05, 0.1) is 11.7 Å². The molecule has 0 saturated carbocycles. The maximum atomic E-state index is 12.5. The lowest BCUT2D eigenvalue weighted by Gasteiger charge is -2.12. The molecule has 1 fully saturated rings. The summed E-state index contributed by atoms with van der Waals surface area (Å²) in [6, 6.07) is 20.9. The number of hydrogen-bond acceptors (Lipinski definition) is 5. The van der Waals surface area contributed by atoms with Crippen LogP contribution in [0.15, 0.2) is 71.6 Å². The van der Waals surface area contributed by atoms with Crippen LogP contribution in [-0.2, 0) is 14.3 Å². The molecule has 0 aliphatic carbocycles. The quantitative estimate of drug-likeness (QED) is 0.434. The minimum Gasteiger partial charge on any atom is -0.452 e. The maximum absolute atomic E-state index is 12.5. The summed E-state index contributed by atoms with van der Waals surface area (Å²) in [6.07, 6.45) is 2.36. The molecule has 5 nitrogen and oxygen atoms in total. The second kappa shape index (κ2) is 9.78. The van der Waals surface area contributed by atoms with Gasteiger partial charge in [0.25, 0.3) is 5.91 Å². The van der Waals surface area contributed by atoms with Gasteiger partial charge in [-0.3, -0.25) is 4.79 Å². The van der Waals surface area contributed by atoms with Crippen LogP contribution in [0.4, 0.5) is 5.69 Å². The second-order valence-electron chi connectivity index (χ2n) is 7.13. The Morgan fingerprint density at radius 1 is 1.03 bits per heavy atom. The predicted molar refractivity (Wildman–Crippen MR) is 119 cm³/mol. The number of benzene rings is 3. The fourth-order valence-corrected chi connectivity index (χ4v) is 4.50. The van der Waals surface area contributed by atoms with Crippen LogP contribution in [0.2, 0.25) is 0 Å². The molecule has 6 heteroatoms. The van der Waals surface area contributed by atoms with Crippen LogP contribution in [0.25, 0.3) is 10.8 Å². The van der Waals surface area contributed by atoms with Gasteiger partial charge >= 0.3 is 5.97 Å². The zero-order valence-electron chi connectivity index (χ0n) is 16.5. The molecule has 0 bridgehead atoms. The number of hydrogen-bond donors (Lipinski definition) is 1. The van der Waals surface area contributed by atoms with Crippen LogP contribution < -0.4 is 5.32 Å². The zero-order valence-corrected chi connectivity index (χ0v) is 17.3. The van der Waals surface area contributed by atoms with Crippen molar-refractivity contribution in [2.45, 2.75) is 23.8 Å². The van der Waals surface area contributed by atoms with Crippen molar-refractivity contribution in [3.05, 3.63) is 72.3 Å². The molecule has 1 heterocycles. The average molecular weight is 422 g/mol. The van der Waals surface area contributed by atoms with Gasteiger partial charge in [-0.2, -0.15) is 0 Å². The number of amides is 1. The largest absolute Gasteiger partial charge is 0.452 e. The Hall–Kier alpha value is -2.83. The van der Waals surface area contributed by atoms with Gasteiger partial charge in [0.2, 0.25) is 0 Å². The van der Waals surface area contributed by atoms with Crippen LogP contribution in [0.5, 0.6) is 0 Å². The summed E-state index contributed by atoms with van der Waals surface area (Å²) < 4.78 is 10.9. The molecule has 1 amide bonds. The molecule has 3 aromatic carbocycles. The highest BCUT2D eigenvalue weighted by atomic mass is 32.2. The van der Waals surface area contributed by atoms with Gasteiger partial charge in [-0.05, 0) is 47.9 Å². The van der Waals surface area contributed by atoms with Gasteiger partial charge in [0, 0.05) is 22.9 Å². The molecular formula is C24H23NO4S. The van der Waals surface area contributed by atoms with Crippen molar-refractivity contribution in [3.63, 3.8) is 0 Å². The highest BCUT2D eigenvalue weighted by molar-refractivity contribution is 7.99. The summed E-state index contributed by atoms with van der Waals surface area (Å²) in [5, 5.41) is 4.91. The first kappa shape index (κ1) is 20.4. The van der Waals surface area contributed by atoms with Crippen molar-refractivity contribution in [1.82, 2.24) is 0 Å².